The predicted molar refractivity (Wildman–Crippen MR) is 59.8 cm³/mol. The van der Waals surface area contributed by atoms with E-state index in [9.17, 15) is 20.7 Å². The lowest BCUT2D eigenvalue weighted by atomic mass is 10.3. The molecule has 1 rings (SSSR count). The van der Waals surface area contributed by atoms with Crippen molar-refractivity contribution in [1.82, 2.24) is 3.71 Å². The summed E-state index contributed by atoms with van der Waals surface area (Å²) in [7, 11) is -12.7. The zero-order valence-electron chi connectivity index (χ0n) is 9.27. The summed E-state index contributed by atoms with van der Waals surface area (Å²) < 4.78 is 68.9. The molecular formula is C5H12FN3O5S3. The van der Waals surface area contributed by atoms with Crippen LogP contribution >= 0.6 is 0 Å². The standard InChI is InChI=1S/C5H12FN3O5S3/c1-4-5(2)14-17(13)8-15(6,10)7-16(11,12)9(17)3/h5H,4H2,1-3H3. The van der Waals surface area contributed by atoms with Crippen molar-refractivity contribution in [3.05, 3.63) is 0 Å². The number of halogens is 1. The highest BCUT2D eigenvalue weighted by Crippen LogP contribution is 2.24. The summed E-state index contributed by atoms with van der Waals surface area (Å²) in [5.41, 5.74) is 0. The lowest BCUT2D eigenvalue weighted by Gasteiger charge is -2.22. The Morgan fingerprint density at radius 3 is 2.29 bits per heavy atom. The summed E-state index contributed by atoms with van der Waals surface area (Å²) in [6.45, 7) is 3.18. The molecule has 102 valence electrons. The van der Waals surface area contributed by atoms with Gasteiger partial charge >= 0.3 is 20.5 Å². The maximum absolute atomic E-state index is 13.1. The van der Waals surface area contributed by atoms with Crippen LogP contribution in [0.25, 0.3) is 0 Å². The third-order valence-corrected chi connectivity index (χ3v) is 7.87. The van der Waals surface area contributed by atoms with Gasteiger partial charge in [-0.05, 0) is 17.1 Å². The van der Waals surface area contributed by atoms with E-state index < -0.39 is 36.8 Å². The zero-order chi connectivity index (χ0) is 13.5. The van der Waals surface area contributed by atoms with E-state index >= 15 is 0 Å². The zero-order valence-corrected chi connectivity index (χ0v) is 11.7. The Morgan fingerprint density at radius 2 is 1.82 bits per heavy atom. The second-order valence-corrected chi connectivity index (χ2v) is 8.60. The molecule has 0 aliphatic carbocycles. The fourth-order valence-corrected chi connectivity index (χ4v) is 6.16. The lowest BCUT2D eigenvalue weighted by Crippen LogP contribution is -2.37. The summed E-state index contributed by atoms with van der Waals surface area (Å²) in [5.74, 6) is 0. The van der Waals surface area contributed by atoms with Crippen LogP contribution in [0.3, 0.4) is 0 Å². The Bertz CT molecular complexity index is 640. The van der Waals surface area contributed by atoms with Crippen LogP contribution in [0.4, 0.5) is 3.89 Å². The van der Waals surface area contributed by atoms with Crippen LogP contribution in [-0.4, -0.2) is 33.7 Å². The van der Waals surface area contributed by atoms with Crippen molar-refractivity contribution < 1.29 is 24.9 Å². The van der Waals surface area contributed by atoms with Crippen molar-refractivity contribution in [3.63, 3.8) is 0 Å². The maximum Gasteiger partial charge on any atom is 0.347 e. The molecule has 0 N–H and O–H groups in total. The first kappa shape index (κ1) is 14.8. The average Bonchev–Trinajstić information content (AvgIpc) is 2.11. The number of rotatable bonds is 3. The van der Waals surface area contributed by atoms with Gasteiger partial charge in [0.1, 0.15) is 0 Å². The topological polar surface area (TPSA) is 105 Å². The molecule has 12 heteroatoms. The minimum atomic E-state index is -4.91. The van der Waals surface area contributed by atoms with Crippen LogP contribution in [0.15, 0.2) is 7.54 Å². The van der Waals surface area contributed by atoms with Gasteiger partial charge in [-0.3, -0.25) is 4.18 Å². The van der Waals surface area contributed by atoms with Gasteiger partial charge in [0.05, 0.1) is 6.10 Å². The fraction of sp³-hybridized carbons (Fsp3) is 1.00. The molecule has 1 heterocycles. The first-order valence-corrected chi connectivity index (χ1v) is 8.62. The molecule has 17 heavy (non-hydrogen) atoms. The Balaban J connectivity index is 3.44. The van der Waals surface area contributed by atoms with Crippen LogP contribution in [0.5, 0.6) is 0 Å². The second-order valence-electron chi connectivity index (χ2n) is 3.23. The molecule has 3 unspecified atom stereocenters. The molecular weight excluding hydrogens is 297 g/mol. The average molecular weight is 309 g/mol. The molecule has 0 aromatic rings. The molecule has 0 radical (unpaired) electrons. The van der Waals surface area contributed by atoms with E-state index in [0.29, 0.717) is 6.42 Å². The molecule has 1 aliphatic heterocycles. The van der Waals surface area contributed by atoms with Crippen LogP contribution in [-0.2, 0) is 34.9 Å². The van der Waals surface area contributed by atoms with E-state index in [4.69, 9.17) is 4.18 Å². The van der Waals surface area contributed by atoms with Crippen LogP contribution < -0.4 is 0 Å². The van der Waals surface area contributed by atoms with E-state index in [2.05, 4.69) is 7.54 Å². The van der Waals surface area contributed by atoms with E-state index in [-0.39, 0.29) is 3.71 Å². The van der Waals surface area contributed by atoms with Gasteiger partial charge in [-0.15, -0.1) is 3.89 Å². The molecule has 8 nitrogen and oxygen atoms in total. The first-order valence-electron chi connectivity index (χ1n) is 4.46. The molecule has 3 atom stereocenters. The monoisotopic (exact) mass is 309 g/mol. The normalized spacial score (nSPS) is 39.1. The smallest absolute Gasteiger partial charge is 0.268 e. The summed E-state index contributed by atoms with van der Waals surface area (Å²) in [4.78, 5) is 0. The highest BCUT2D eigenvalue weighted by Gasteiger charge is 2.38. The maximum atomic E-state index is 13.1. The van der Waals surface area contributed by atoms with Gasteiger partial charge in [0.2, 0.25) is 0 Å². The predicted octanol–water partition coefficient (Wildman–Crippen LogP) is 0.557. The van der Waals surface area contributed by atoms with E-state index in [1.807, 2.05) is 0 Å². The summed E-state index contributed by atoms with van der Waals surface area (Å²) in [5, 5.41) is 0. The second kappa shape index (κ2) is 4.42. The van der Waals surface area contributed by atoms with Crippen molar-refractivity contribution >= 4 is 30.7 Å². The van der Waals surface area contributed by atoms with Crippen molar-refractivity contribution in [1.29, 1.82) is 0 Å². The first-order chi connectivity index (χ1) is 7.52. The van der Waals surface area contributed by atoms with Crippen LogP contribution in [0, 0.1) is 0 Å². The lowest BCUT2D eigenvalue weighted by molar-refractivity contribution is 0.228. The van der Waals surface area contributed by atoms with Crippen molar-refractivity contribution in [3.8, 4) is 0 Å². The Labute approximate surface area is 100 Å². The third-order valence-electron chi connectivity index (χ3n) is 1.89. The molecule has 0 amide bonds. The molecule has 0 aromatic heterocycles. The van der Waals surface area contributed by atoms with Gasteiger partial charge in [0.15, 0.2) is 0 Å². The summed E-state index contributed by atoms with van der Waals surface area (Å²) >= 11 is 0. The van der Waals surface area contributed by atoms with Gasteiger partial charge in [-0.25, -0.2) is 4.21 Å². The Morgan fingerprint density at radius 1 is 1.29 bits per heavy atom. The van der Waals surface area contributed by atoms with E-state index in [1.165, 1.54) is 6.92 Å². The number of hydrogen-bond donors (Lipinski definition) is 0. The third kappa shape index (κ3) is 3.13. The summed E-state index contributed by atoms with van der Waals surface area (Å²) in [6, 6.07) is 0. The van der Waals surface area contributed by atoms with E-state index in [0.717, 1.165) is 7.05 Å². The SMILES string of the molecule is CCC(C)OS1(=O)=NS(=O)(F)=NS(=O)(=O)N1C. The molecule has 0 spiro atoms. The van der Waals surface area contributed by atoms with Crippen LogP contribution in [0.1, 0.15) is 20.3 Å². The van der Waals surface area contributed by atoms with Crippen molar-refractivity contribution in [2.75, 3.05) is 7.05 Å². The van der Waals surface area contributed by atoms with Gasteiger partial charge in [-0.2, -0.15) is 12.6 Å². The Hall–Kier alpha value is -0.300. The highest BCUT2D eigenvalue weighted by atomic mass is 32.3. The van der Waals surface area contributed by atoms with E-state index in [1.54, 1.807) is 6.92 Å². The highest BCUT2D eigenvalue weighted by molar-refractivity contribution is 8.12. The Kier molecular flexibility index (Phi) is 3.84. The summed E-state index contributed by atoms with van der Waals surface area (Å²) in [6.07, 6.45) is -0.248. The van der Waals surface area contributed by atoms with Gasteiger partial charge in [0, 0.05) is 7.05 Å². The van der Waals surface area contributed by atoms with Gasteiger partial charge < -0.3 is 0 Å². The quantitative estimate of drug-likeness (QED) is 0.708. The fourth-order valence-electron chi connectivity index (χ4n) is 0.819. The largest absolute Gasteiger partial charge is 0.347 e. The number of nitrogens with zero attached hydrogens (tertiary/aromatic N) is 3. The molecule has 0 fully saturated rings. The molecule has 0 saturated carbocycles. The molecule has 0 bridgehead atoms. The minimum absolute atomic E-state index is 0.175. The van der Waals surface area contributed by atoms with Gasteiger partial charge in [-0.1, -0.05) is 14.4 Å². The van der Waals surface area contributed by atoms with Gasteiger partial charge in [0.25, 0.3) is 10.2 Å². The number of hydrogen-bond acceptors (Lipinski definition) is 5. The van der Waals surface area contributed by atoms with Crippen molar-refractivity contribution in [2.45, 2.75) is 26.4 Å². The minimum Gasteiger partial charge on any atom is -0.268 e. The van der Waals surface area contributed by atoms with Crippen LogP contribution in [0.2, 0.25) is 0 Å². The molecule has 0 saturated heterocycles. The molecule has 0 aromatic carbocycles. The van der Waals surface area contributed by atoms with Crippen molar-refractivity contribution in [2.24, 2.45) is 7.54 Å². The molecule has 1 aliphatic rings.